The van der Waals surface area contributed by atoms with Gasteiger partial charge in [-0.25, -0.2) is 0 Å². The molecule has 0 saturated carbocycles. The van der Waals surface area contributed by atoms with Crippen molar-refractivity contribution in [1.29, 1.82) is 0 Å². The molecule has 19 heavy (non-hydrogen) atoms. The summed E-state index contributed by atoms with van der Waals surface area (Å²) in [7, 11) is 0. The molecule has 0 aromatic heterocycles. The standard InChI is InChI=1S/C15H22ClNO2/c1-11(2)9-15(18)17-7-4-8-19-14-6-5-13(16)10-12(14)3/h5-6,10-11H,4,7-9H2,1-3H3,(H,17,18). The second-order valence-corrected chi connectivity index (χ2v) is 5.50. The third-order valence-corrected chi connectivity index (χ3v) is 2.87. The van der Waals surface area contributed by atoms with Gasteiger partial charge in [0.15, 0.2) is 0 Å². The molecule has 0 aliphatic heterocycles. The number of amides is 1. The smallest absolute Gasteiger partial charge is 0.220 e. The van der Waals surface area contributed by atoms with Crippen molar-refractivity contribution >= 4 is 17.5 Å². The minimum Gasteiger partial charge on any atom is -0.493 e. The zero-order valence-corrected chi connectivity index (χ0v) is 12.6. The van der Waals surface area contributed by atoms with Gasteiger partial charge in [-0.3, -0.25) is 4.79 Å². The highest BCUT2D eigenvalue weighted by molar-refractivity contribution is 6.30. The van der Waals surface area contributed by atoms with E-state index in [1.165, 1.54) is 0 Å². The van der Waals surface area contributed by atoms with E-state index in [9.17, 15) is 4.79 Å². The van der Waals surface area contributed by atoms with Crippen LogP contribution in [0, 0.1) is 12.8 Å². The van der Waals surface area contributed by atoms with Crippen LogP contribution >= 0.6 is 11.6 Å². The summed E-state index contributed by atoms with van der Waals surface area (Å²) in [5.41, 5.74) is 1.02. The Labute approximate surface area is 120 Å². The van der Waals surface area contributed by atoms with E-state index in [0.29, 0.717) is 30.5 Å². The number of nitrogens with one attached hydrogen (secondary N) is 1. The van der Waals surface area contributed by atoms with Gasteiger partial charge in [0.1, 0.15) is 5.75 Å². The molecule has 0 unspecified atom stereocenters. The second kappa shape index (κ2) is 8.05. The van der Waals surface area contributed by atoms with Crippen LogP contribution in [-0.4, -0.2) is 19.1 Å². The number of carbonyl (C=O) groups excluding carboxylic acids is 1. The Morgan fingerprint density at radius 3 is 2.79 bits per heavy atom. The van der Waals surface area contributed by atoms with Crippen molar-refractivity contribution in [2.24, 2.45) is 5.92 Å². The van der Waals surface area contributed by atoms with Gasteiger partial charge in [0, 0.05) is 18.0 Å². The minimum absolute atomic E-state index is 0.109. The van der Waals surface area contributed by atoms with Crippen molar-refractivity contribution in [2.75, 3.05) is 13.2 Å². The SMILES string of the molecule is Cc1cc(Cl)ccc1OCCCNC(=O)CC(C)C. The number of rotatable bonds is 7. The van der Waals surface area contributed by atoms with E-state index in [1.807, 2.05) is 39.0 Å². The molecule has 1 aromatic carbocycles. The molecule has 0 spiro atoms. The minimum atomic E-state index is 0.109. The zero-order valence-electron chi connectivity index (χ0n) is 11.8. The fourth-order valence-corrected chi connectivity index (χ4v) is 1.93. The molecule has 0 atom stereocenters. The van der Waals surface area contributed by atoms with Crippen LogP contribution in [0.5, 0.6) is 5.75 Å². The normalized spacial score (nSPS) is 10.6. The van der Waals surface area contributed by atoms with Gasteiger partial charge in [0.2, 0.25) is 5.91 Å². The first-order chi connectivity index (χ1) is 8.99. The van der Waals surface area contributed by atoms with Crippen LogP contribution in [0.2, 0.25) is 5.02 Å². The molecule has 0 aliphatic rings. The van der Waals surface area contributed by atoms with E-state index in [1.54, 1.807) is 0 Å². The average molecular weight is 284 g/mol. The summed E-state index contributed by atoms with van der Waals surface area (Å²) in [6.07, 6.45) is 1.38. The molecule has 0 radical (unpaired) electrons. The summed E-state index contributed by atoms with van der Waals surface area (Å²) in [4.78, 5) is 11.4. The molecule has 3 nitrogen and oxygen atoms in total. The number of halogens is 1. The maximum Gasteiger partial charge on any atom is 0.220 e. The number of carbonyl (C=O) groups is 1. The van der Waals surface area contributed by atoms with Gasteiger partial charge in [-0.15, -0.1) is 0 Å². The molecule has 1 rings (SSSR count). The van der Waals surface area contributed by atoms with Crippen LogP contribution in [0.1, 0.15) is 32.3 Å². The topological polar surface area (TPSA) is 38.3 Å². The predicted molar refractivity (Wildman–Crippen MR) is 78.8 cm³/mol. The van der Waals surface area contributed by atoms with Crippen molar-refractivity contribution in [2.45, 2.75) is 33.6 Å². The maximum absolute atomic E-state index is 11.4. The van der Waals surface area contributed by atoms with Gasteiger partial charge < -0.3 is 10.1 Å². The quantitative estimate of drug-likeness (QED) is 0.777. The molecule has 4 heteroatoms. The molecule has 0 bridgehead atoms. The van der Waals surface area contributed by atoms with Crippen LogP contribution in [-0.2, 0) is 4.79 Å². The van der Waals surface area contributed by atoms with Crippen LogP contribution < -0.4 is 10.1 Å². The number of hydrogen-bond acceptors (Lipinski definition) is 2. The van der Waals surface area contributed by atoms with E-state index in [4.69, 9.17) is 16.3 Å². The Hall–Kier alpha value is -1.22. The molecular formula is C15H22ClNO2. The van der Waals surface area contributed by atoms with E-state index in [0.717, 1.165) is 17.7 Å². The zero-order chi connectivity index (χ0) is 14.3. The molecule has 0 saturated heterocycles. The molecule has 1 aromatic rings. The van der Waals surface area contributed by atoms with Gasteiger partial charge in [0.05, 0.1) is 6.61 Å². The monoisotopic (exact) mass is 283 g/mol. The van der Waals surface area contributed by atoms with Crippen molar-refractivity contribution in [3.8, 4) is 5.75 Å². The summed E-state index contributed by atoms with van der Waals surface area (Å²) >= 11 is 5.87. The summed E-state index contributed by atoms with van der Waals surface area (Å²) in [5, 5.41) is 3.60. The number of ether oxygens (including phenoxy) is 1. The third-order valence-electron chi connectivity index (χ3n) is 2.63. The Kier molecular flexibility index (Phi) is 6.71. The molecule has 1 amide bonds. The number of aryl methyl sites for hydroxylation is 1. The fraction of sp³-hybridized carbons (Fsp3) is 0.533. The highest BCUT2D eigenvalue weighted by Gasteiger charge is 2.04. The highest BCUT2D eigenvalue weighted by atomic mass is 35.5. The third kappa shape index (κ3) is 6.48. The highest BCUT2D eigenvalue weighted by Crippen LogP contribution is 2.21. The fourth-order valence-electron chi connectivity index (χ4n) is 1.70. The van der Waals surface area contributed by atoms with Crippen LogP contribution in [0.4, 0.5) is 0 Å². The largest absolute Gasteiger partial charge is 0.493 e. The number of hydrogen-bond donors (Lipinski definition) is 1. The van der Waals surface area contributed by atoms with Crippen molar-refractivity contribution in [3.63, 3.8) is 0 Å². The Morgan fingerprint density at radius 2 is 2.16 bits per heavy atom. The lowest BCUT2D eigenvalue weighted by molar-refractivity contribution is -0.121. The number of benzene rings is 1. The van der Waals surface area contributed by atoms with Crippen molar-refractivity contribution in [3.05, 3.63) is 28.8 Å². The maximum atomic E-state index is 11.4. The second-order valence-electron chi connectivity index (χ2n) is 5.06. The summed E-state index contributed by atoms with van der Waals surface area (Å²) in [6.45, 7) is 7.27. The van der Waals surface area contributed by atoms with Crippen LogP contribution in [0.3, 0.4) is 0 Å². The predicted octanol–water partition coefficient (Wildman–Crippen LogP) is 3.58. The van der Waals surface area contributed by atoms with Crippen LogP contribution in [0.25, 0.3) is 0 Å². The van der Waals surface area contributed by atoms with Gasteiger partial charge >= 0.3 is 0 Å². The Balaban J connectivity index is 2.19. The van der Waals surface area contributed by atoms with Gasteiger partial charge in [-0.1, -0.05) is 25.4 Å². The lowest BCUT2D eigenvalue weighted by Gasteiger charge is -2.10. The molecule has 0 heterocycles. The van der Waals surface area contributed by atoms with Gasteiger partial charge in [-0.2, -0.15) is 0 Å². The van der Waals surface area contributed by atoms with E-state index >= 15 is 0 Å². The summed E-state index contributed by atoms with van der Waals surface area (Å²) in [6, 6.07) is 5.56. The lowest BCUT2D eigenvalue weighted by Crippen LogP contribution is -2.26. The van der Waals surface area contributed by atoms with Gasteiger partial charge in [0.25, 0.3) is 0 Å². The van der Waals surface area contributed by atoms with Crippen molar-refractivity contribution in [1.82, 2.24) is 5.32 Å². The Morgan fingerprint density at radius 1 is 1.42 bits per heavy atom. The van der Waals surface area contributed by atoms with Crippen molar-refractivity contribution < 1.29 is 9.53 Å². The van der Waals surface area contributed by atoms with E-state index < -0.39 is 0 Å². The Bertz CT molecular complexity index is 419. The van der Waals surface area contributed by atoms with Gasteiger partial charge in [-0.05, 0) is 43.0 Å². The lowest BCUT2D eigenvalue weighted by atomic mass is 10.1. The summed E-state index contributed by atoms with van der Waals surface area (Å²) in [5.74, 6) is 1.35. The molecule has 106 valence electrons. The first-order valence-corrected chi connectivity index (χ1v) is 7.02. The molecule has 0 fully saturated rings. The molecule has 1 N–H and O–H groups in total. The van der Waals surface area contributed by atoms with E-state index in [2.05, 4.69) is 5.32 Å². The summed E-state index contributed by atoms with van der Waals surface area (Å²) < 4.78 is 5.64. The van der Waals surface area contributed by atoms with Crippen LogP contribution in [0.15, 0.2) is 18.2 Å². The first kappa shape index (κ1) is 15.8. The average Bonchev–Trinajstić information content (AvgIpc) is 2.30. The van der Waals surface area contributed by atoms with E-state index in [-0.39, 0.29) is 5.91 Å². The molecular weight excluding hydrogens is 262 g/mol. The first-order valence-electron chi connectivity index (χ1n) is 6.64. The molecule has 0 aliphatic carbocycles.